The van der Waals surface area contributed by atoms with Crippen LogP contribution in [0.1, 0.15) is 0 Å². The Bertz CT molecular complexity index is 1050. The van der Waals surface area contributed by atoms with E-state index >= 15 is 0 Å². The molecule has 4 nitrogen and oxygen atoms in total. The summed E-state index contributed by atoms with van der Waals surface area (Å²) < 4.78 is 42.1. The van der Waals surface area contributed by atoms with Crippen molar-refractivity contribution in [1.82, 2.24) is 0 Å². The average Bonchev–Trinajstić information content (AvgIpc) is 3.03. The van der Waals surface area contributed by atoms with Crippen molar-refractivity contribution in [2.24, 2.45) is 5.14 Å². The molecular weight excluding hydrogens is 385 g/mol. The first kappa shape index (κ1) is 17.9. The average molecular weight is 398 g/mol. The van der Waals surface area contributed by atoms with Crippen LogP contribution in [0.25, 0.3) is 22.3 Å². The number of nitrogens with two attached hydrogens (primary N) is 1. The first-order valence-corrected chi connectivity index (χ1v) is 9.91. The van der Waals surface area contributed by atoms with Gasteiger partial charge in [0.25, 0.3) is 0 Å². The molecule has 0 saturated heterocycles. The molecule has 0 saturated carbocycles. The van der Waals surface area contributed by atoms with Gasteiger partial charge in [-0.25, -0.2) is 17.9 Å². The Morgan fingerprint density at radius 3 is 2.24 bits per heavy atom. The Hall–Kier alpha value is -1.93. The van der Waals surface area contributed by atoms with Gasteiger partial charge < -0.3 is 4.74 Å². The lowest BCUT2D eigenvalue weighted by Gasteiger charge is -2.09. The maximum atomic E-state index is 14.2. The fourth-order valence-corrected chi connectivity index (χ4v) is 4.12. The van der Waals surface area contributed by atoms with Gasteiger partial charge in [0.15, 0.2) is 0 Å². The third kappa shape index (κ3) is 3.55. The van der Waals surface area contributed by atoms with Gasteiger partial charge in [-0.2, -0.15) is 11.3 Å². The first-order valence-electron chi connectivity index (χ1n) is 7.04. The van der Waals surface area contributed by atoms with Crippen LogP contribution in [0.4, 0.5) is 4.39 Å². The van der Waals surface area contributed by atoms with Crippen molar-refractivity contribution < 1.29 is 17.5 Å². The largest absolute Gasteiger partial charge is 0.495 e. The molecule has 3 rings (SSSR count). The second kappa shape index (κ2) is 6.76. The summed E-state index contributed by atoms with van der Waals surface area (Å²) in [5.41, 5.74) is 3.04. The number of halogens is 2. The lowest BCUT2D eigenvalue weighted by Crippen LogP contribution is -2.13. The summed E-state index contributed by atoms with van der Waals surface area (Å²) in [6.07, 6.45) is 0. The molecule has 8 heteroatoms. The third-order valence-electron chi connectivity index (χ3n) is 3.67. The van der Waals surface area contributed by atoms with Gasteiger partial charge >= 0.3 is 0 Å². The standard InChI is InChI=1S/C17H13ClFNO3S2/c1-23-16-7-11(2-4-14(16)18)13-9-24-8-12(13)10-3-5-17(15(19)6-10)25(20,21)22/h2-9H,1H3,(H2,20,21,22). The quantitative estimate of drug-likeness (QED) is 0.703. The minimum absolute atomic E-state index is 0.492. The van der Waals surface area contributed by atoms with E-state index in [0.29, 0.717) is 16.3 Å². The molecule has 2 aromatic carbocycles. The molecule has 0 radical (unpaired) electrons. The van der Waals surface area contributed by atoms with E-state index in [0.717, 1.165) is 16.7 Å². The predicted octanol–water partition coefficient (Wildman–Crippen LogP) is 4.53. The van der Waals surface area contributed by atoms with Crippen LogP contribution in [0, 0.1) is 5.82 Å². The number of thiophene rings is 1. The number of rotatable bonds is 4. The van der Waals surface area contributed by atoms with Crippen LogP contribution in [0.2, 0.25) is 5.02 Å². The molecule has 0 aliphatic carbocycles. The highest BCUT2D eigenvalue weighted by atomic mass is 35.5. The number of sulfonamides is 1. The van der Waals surface area contributed by atoms with Gasteiger partial charge in [0.1, 0.15) is 16.5 Å². The van der Waals surface area contributed by atoms with Crippen molar-refractivity contribution in [2.45, 2.75) is 4.90 Å². The molecule has 0 atom stereocenters. The molecule has 2 N–H and O–H groups in total. The number of hydrogen-bond acceptors (Lipinski definition) is 4. The first-order chi connectivity index (χ1) is 11.8. The summed E-state index contributed by atoms with van der Waals surface area (Å²) in [4.78, 5) is -0.527. The van der Waals surface area contributed by atoms with Gasteiger partial charge in [-0.3, -0.25) is 0 Å². The van der Waals surface area contributed by atoms with Gasteiger partial charge in [0.2, 0.25) is 10.0 Å². The molecular formula is C17H13ClFNO3S2. The third-order valence-corrected chi connectivity index (χ3v) is 5.67. The summed E-state index contributed by atoms with van der Waals surface area (Å²) in [6, 6.07) is 9.22. The lowest BCUT2D eigenvalue weighted by molar-refractivity contribution is 0.415. The molecule has 0 aliphatic rings. The molecule has 0 unspecified atom stereocenters. The zero-order valence-electron chi connectivity index (χ0n) is 13.0. The molecule has 1 aromatic heterocycles. The minimum atomic E-state index is -4.10. The Morgan fingerprint density at radius 1 is 1.08 bits per heavy atom. The van der Waals surface area contributed by atoms with E-state index in [-0.39, 0.29) is 0 Å². The van der Waals surface area contributed by atoms with Crippen molar-refractivity contribution in [1.29, 1.82) is 0 Å². The van der Waals surface area contributed by atoms with Crippen LogP contribution in [-0.4, -0.2) is 15.5 Å². The highest BCUT2D eigenvalue weighted by molar-refractivity contribution is 7.89. The molecule has 0 fully saturated rings. The highest BCUT2D eigenvalue weighted by Gasteiger charge is 2.17. The Balaban J connectivity index is 2.10. The summed E-state index contributed by atoms with van der Waals surface area (Å²) in [5.74, 6) is -0.349. The van der Waals surface area contributed by atoms with E-state index < -0.39 is 20.7 Å². The number of benzene rings is 2. The summed E-state index contributed by atoms with van der Waals surface area (Å²) >= 11 is 7.50. The fourth-order valence-electron chi connectivity index (χ4n) is 2.47. The normalized spacial score (nSPS) is 11.5. The zero-order valence-corrected chi connectivity index (χ0v) is 15.4. The second-order valence-electron chi connectivity index (χ2n) is 5.24. The van der Waals surface area contributed by atoms with Crippen molar-refractivity contribution in [3.05, 3.63) is 58.0 Å². The minimum Gasteiger partial charge on any atom is -0.495 e. The van der Waals surface area contributed by atoms with E-state index in [1.54, 1.807) is 12.1 Å². The Labute approximate surface area is 153 Å². The van der Waals surface area contributed by atoms with E-state index in [9.17, 15) is 12.8 Å². The van der Waals surface area contributed by atoms with Crippen LogP contribution in [-0.2, 0) is 10.0 Å². The van der Waals surface area contributed by atoms with Gasteiger partial charge in [-0.05, 0) is 46.2 Å². The SMILES string of the molecule is COc1cc(-c2cscc2-c2ccc(S(N)(=O)=O)c(F)c2)ccc1Cl. The smallest absolute Gasteiger partial charge is 0.240 e. The topological polar surface area (TPSA) is 69.4 Å². The van der Waals surface area contributed by atoms with Gasteiger partial charge in [0.05, 0.1) is 12.1 Å². The molecule has 25 heavy (non-hydrogen) atoms. The van der Waals surface area contributed by atoms with E-state index in [1.165, 1.54) is 36.6 Å². The van der Waals surface area contributed by atoms with Crippen LogP contribution < -0.4 is 9.88 Å². The van der Waals surface area contributed by atoms with Crippen LogP contribution in [0.3, 0.4) is 0 Å². The van der Waals surface area contributed by atoms with Crippen LogP contribution in [0.5, 0.6) is 5.75 Å². The second-order valence-corrected chi connectivity index (χ2v) is 7.92. The van der Waals surface area contributed by atoms with Gasteiger partial charge in [0, 0.05) is 11.1 Å². The van der Waals surface area contributed by atoms with Gasteiger partial charge in [-0.15, -0.1) is 0 Å². The fraction of sp³-hybridized carbons (Fsp3) is 0.0588. The van der Waals surface area contributed by atoms with Crippen LogP contribution >= 0.6 is 22.9 Å². The van der Waals surface area contributed by atoms with E-state index in [4.69, 9.17) is 21.5 Å². The molecule has 1 heterocycles. The maximum Gasteiger partial charge on any atom is 0.240 e. The molecule has 0 amide bonds. The number of ether oxygens (including phenoxy) is 1. The maximum absolute atomic E-state index is 14.2. The molecule has 0 aliphatic heterocycles. The van der Waals surface area contributed by atoms with E-state index in [2.05, 4.69) is 0 Å². The summed E-state index contributed by atoms with van der Waals surface area (Å²) in [7, 11) is -2.57. The van der Waals surface area contributed by atoms with Crippen molar-refractivity contribution in [3.63, 3.8) is 0 Å². The van der Waals surface area contributed by atoms with E-state index in [1.807, 2.05) is 16.8 Å². The predicted molar refractivity (Wildman–Crippen MR) is 98.1 cm³/mol. The Kier molecular flexibility index (Phi) is 4.83. The molecule has 0 bridgehead atoms. The van der Waals surface area contributed by atoms with Crippen molar-refractivity contribution in [2.75, 3.05) is 7.11 Å². The van der Waals surface area contributed by atoms with Gasteiger partial charge in [-0.1, -0.05) is 23.7 Å². The van der Waals surface area contributed by atoms with Crippen molar-refractivity contribution in [3.8, 4) is 28.0 Å². The highest BCUT2D eigenvalue weighted by Crippen LogP contribution is 2.38. The number of methoxy groups -OCH3 is 1. The monoisotopic (exact) mass is 397 g/mol. The lowest BCUT2D eigenvalue weighted by atomic mass is 9.99. The summed E-state index contributed by atoms with van der Waals surface area (Å²) in [5, 5.41) is 9.28. The summed E-state index contributed by atoms with van der Waals surface area (Å²) in [6.45, 7) is 0. The zero-order chi connectivity index (χ0) is 18.2. The molecule has 0 spiro atoms. The van der Waals surface area contributed by atoms with Crippen LogP contribution in [0.15, 0.2) is 52.1 Å². The number of hydrogen-bond donors (Lipinski definition) is 1. The molecule has 3 aromatic rings. The number of primary sulfonamides is 1. The Morgan fingerprint density at radius 2 is 1.68 bits per heavy atom. The van der Waals surface area contributed by atoms with Crippen molar-refractivity contribution >= 4 is 33.0 Å². The molecule has 130 valence electrons.